The second kappa shape index (κ2) is 7.12. The van der Waals surface area contributed by atoms with Crippen LogP contribution in [-0.4, -0.2) is 38.9 Å². The summed E-state index contributed by atoms with van der Waals surface area (Å²) in [6.07, 6.45) is 0. The van der Waals surface area contributed by atoms with Crippen LogP contribution in [0.4, 0.5) is 10.3 Å². The summed E-state index contributed by atoms with van der Waals surface area (Å²) in [4.78, 5) is 29.3. The van der Waals surface area contributed by atoms with Gasteiger partial charge in [0.05, 0.1) is 13.2 Å². The van der Waals surface area contributed by atoms with Gasteiger partial charge in [0.1, 0.15) is 5.82 Å². The number of halogens is 1. The van der Waals surface area contributed by atoms with Gasteiger partial charge in [0.2, 0.25) is 5.95 Å². The fraction of sp³-hybridized carbons (Fsp3) is 0.353. The molecule has 1 N–H and O–H groups in total. The summed E-state index contributed by atoms with van der Waals surface area (Å²) in [7, 11) is 4.52. The highest BCUT2D eigenvalue weighted by Gasteiger charge is 2.19. The molecule has 0 saturated carbocycles. The van der Waals surface area contributed by atoms with Crippen molar-refractivity contribution in [1.82, 2.24) is 18.7 Å². The molecule has 0 bridgehead atoms. The van der Waals surface area contributed by atoms with Crippen molar-refractivity contribution in [1.29, 1.82) is 0 Å². The van der Waals surface area contributed by atoms with Crippen LogP contribution in [-0.2, 0) is 25.4 Å². The average molecular weight is 361 g/mol. The van der Waals surface area contributed by atoms with Crippen molar-refractivity contribution in [3.8, 4) is 0 Å². The molecule has 3 rings (SSSR count). The van der Waals surface area contributed by atoms with Gasteiger partial charge < -0.3 is 10.1 Å². The predicted octanol–water partition coefficient (Wildman–Crippen LogP) is 0.679. The smallest absolute Gasteiger partial charge is 0.332 e. The zero-order valence-corrected chi connectivity index (χ0v) is 14.8. The number of nitrogens with zero attached hydrogens (tertiary/aromatic N) is 4. The molecule has 0 unspecified atom stereocenters. The van der Waals surface area contributed by atoms with Gasteiger partial charge >= 0.3 is 5.69 Å². The summed E-state index contributed by atoms with van der Waals surface area (Å²) in [6, 6.07) is 6.33. The molecule has 0 fully saturated rings. The number of aryl methyl sites for hydroxylation is 1. The van der Waals surface area contributed by atoms with Crippen molar-refractivity contribution >= 4 is 17.1 Å². The lowest BCUT2D eigenvalue weighted by atomic mass is 10.2. The maximum Gasteiger partial charge on any atom is 0.332 e. The van der Waals surface area contributed by atoms with Crippen LogP contribution in [0.3, 0.4) is 0 Å². The van der Waals surface area contributed by atoms with Crippen molar-refractivity contribution in [2.24, 2.45) is 14.1 Å². The number of aromatic nitrogens is 4. The quantitative estimate of drug-likeness (QED) is 0.653. The number of imidazole rings is 1. The molecule has 0 amide bonds. The lowest BCUT2D eigenvalue weighted by molar-refractivity contribution is 0.210. The highest BCUT2D eigenvalue weighted by atomic mass is 19.1. The molecule has 1 aromatic carbocycles. The molecular formula is C17H20FN5O3. The number of anilines is 1. The number of fused-ring (bicyclic) bond motifs is 1. The van der Waals surface area contributed by atoms with Crippen LogP contribution in [0, 0.1) is 5.82 Å². The highest BCUT2D eigenvalue weighted by molar-refractivity contribution is 5.74. The van der Waals surface area contributed by atoms with Gasteiger partial charge in [-0.2, -0.15) is 4.98 Å². The third kappa shape index (κ3) is 3.01. The Balaban J connectivity index is 2.23. The first kappa shape index (κ1) is 17.9. The SMILES string of the molecule is COCCNc1nc2c(c(=O)n(C)c(=O)n2C)n1Cc1ccccc1F. The molecule has 26 heavy (non-hydrogen) atoms. The van der Waals surface area contributed by atoms with Crippen LogP contribution in [0.25, 0.3) is 11.2 Å². The third-order valence-corrected chi connectivity index (χ3v) is 4.22. The number of benzene rings is 1. The van der Waals surface area contributed by atoms with Gasteiger partial charge in [-0.05, 0) is 6.07 Å². The lowest BCUT2D eigenvalue weighted by Crippen LogP contribution is -2.37. The Hall–Kier alpha value is -2.94. The minimum absolute atomic E-state index is 0.103. The average Bonchev–Trinajstić information content (AvgIpc) is 2.99. The van der Waals surface area contributed by atoms with E-state index in [0.29, 0.717) is 24.7 Å². The summed E-state index contributed by atoms with van der Waals surface area (Å²) in [5.74, 6) is -0.00237. The van der Waals surface area contributed by atoms with E-state index in [9.17, 15) is 14.0 Å². The van der Waals surface area contributed by atoms with Crippen LogP contribution in [0.15, 0.2) is 33.9 Å². The summed E-state index contributed by atoms with van der Waals surface area (Å²) in [5.41, 5.74) is -0.0576. The zero-order valence-electron chi connectivity index (χ0n) is 14.8. The first-order valence-electron chi connectivity index (χ1n) is 8.08. The van der Waals surface area contributed by atoms with Crippen molar-refractivity contribution in [2.45, 2.75) is 6.54 Å². The molecule has 0 saturated heterocycles. The highest BCUT2D eigenvalue weighted by Crippen LogP contribution is 2.19. The summed E-state index contributed by atoms with van der Waals surface area (Å²) in [6.45, 7) is 0.983. The van der Waals surface area contributed by atoms with Crippen LogP contribution < -0.4 is 16.6 Å². The van der Waals surface area contributed by atoms with Gasteiger partial charge in [-0.25, -0.2) is 9.18 Å². The van der Waals surface area contributed by atoms with Crippen LogP contribution in [0.5, 0.6) is 0 Å². The predicted molar refractivity (Wildman–Crippen MR) is 96.1 cm³/mol. The van der Waals surface area contributed by atoms with Crippen molar-refractivity contribution < 1.29 is 9.13 Å². The molecule has 0 radical (unpaired) electrons. The standard InChI is InChI=1S/C17H20FN5O3/c1-21-14-13(15(24)22(2)17(21)25)23(16(20-14)19-8-9-26-3)10-11-6-4-5-7-12(11)18/h4-7H,8-10H2,1-3H3,(H,19,20). The van der Waals surface area contributed by atoms with Crippen LogP contribution in [0.1, 0.15) is 5.56 Å². The van der Waals surface area contributed by atoms with E-state index >= 15 is 0 Å². The number of ether oxygens (including phenoxy) is 1. The van der Waals surface area contributed by atoms with E-state index in [2.05, 4.69) is 10.3 Å². The van der Waals surface area contributed by atoms with E-state index in [1.54, 1.807) is 36.9 Å². The molecule has 138 valence electrons. The first-order chi connectivity index (χ1) is 12.5. The van der Waals surface area contributed by atoms with E-state index in [1.165, 1.54) is 17.7 Å². The number of methoxy groups -OCH3 is 1. The molecule has 3 aromatic rings. The fourth-order valence-corrected chi connectivity index (χ4v) is 2.80. The topological polar surface area (TPSA) is 83.1 Å². The summed E-state index contributed by atoms with van der Waals surface area (Å²) >= 11 is 0. The Kier molecular flexibility index (Phi) is 4.90. The Morgan fingerprint density at radius 2 is 1.92 bits per heavy atom. The molecular weight excluding hydrogens is 341 g/mol. The second-order valence-corrected chi connectivity index (χ2v) is 5.91. The van der Waals surface area contributed by atoms with Crippen LogP contribution >= 0.6 is 0 Å². The van der Waals surface area contributed by atoms with Gasteiger partial charge in [-0.3, -0.25) is 18.5 Å². The number of hydrogen-bond acceptors (Lipinski definition) is 5. The van der Waals surface area contributed by atoms with Crippen LogP contribution in [0.2, 0.25) is 0 Å². The van der Waals surface area contributed by atoms with Gasteiger partial charge in [0.25, 0.3) is 5.56 Å². The lowest BCUT2D eigenvalue weighted by Gasteiger charge is -2.11. The molecule has 8 nitrogen and oxygen atoms in total. The summed E-state index contributed by atoms with van der Waals surface area (Å²) in [5, 5.41) is 3.08. The van der Waals surface area contributed by atoms with Crippen molar-refractivity contribution in [3.63, 3.8) is 0 Å². The second-order valence-electron chi connectivity index (χ2n) is 5.91. The molecule has 2 heterocycles. The molecule has 2 aromatic heterocycles. The number of hydrogen-bond donors (Lipinski definition) is 1. The Morgan fingerprint density at radius 1 is 1.19 bits per heavy atom. The van der Waals surface area contributed by atoms with Gasteiger partial charge in [-0.15, -0.1) is 0 Å². The maximum absolute atomic E-state index is 14.1. The normalized spacial score (nSPS) is 11.2. The van der Waals surface area contributed by atoms with E-state index in [-0.39, 0.29) is 23.5 Å². The third-order valence-electron chi connectivity index (χ3n) is 4.22. The van der Waals surface area contributed by atoms with E-state index in [4.69, 9.17) is 4.74 Å². The first-order valence-corrected chi connectivity index (χ1v) is 8.08. The van der Waals surface area contributed by atoms with E-state index in [0.717, 1.165) is 4.57 Å². The minimum Gasteiger partial charge on any atom is -0.383 e. The molecule has 0 aliphatic carbocycles. The Morgan fingerprint density at radius 3 is 2.62 bits per heavy atom. The van der Waals surface area contributed by atoms with Gasteiger partial charge in [-0.1, -0.05) is 18.2 Å². The zero-order chi connectivity index (χ0) is 18.8. The van der Waals surface area contributed by atoms with E-state index < -0.39 is 11.2 Å². The largest absolute Gasteiger partial charge is 0.383 e. The Bertz CT molecular complexity index is 1070. The van der Waals surface area contributed by atoms with Gasteiger partial charge in [0, 0.05) is 33.3 Å². The van der Waals surface area contributed by atoms with Gasteiger partial charge in [0.15, 0.2) is 11.2 Å². The van der Waals surface area contributed by atoms with E-state index in [1.807, 2.05) is 0 Å². The van der Waals surface area contributed by atoms with Crippen molar-refractivity contribution in [3.05, 3.63) is 56.5 Å². The molecule has 0 aliphatic rings. The minimum atomic E-state index is -0.480. The molecule has 0 atom stereocenters. The number of rotatable bonds is 6. The maximum atomic E-state index is 14.1. The molecule has 0 aliphatic heterocycles. The molecule has 0 spiro atoms. The number of nitrogens with one attached hydrogen (secondary N) is 1. The molecule has 9 heteroatoms. The van der Waals surface area contributed by atoms with Crippen molar-refractivity contribution in [2.75, 3.05) is 25.6 Å². The Labute approximate surface area is 148 Å². The summed E-state index contributed by atoms with van der Waals surface area (Å²) < 4.78 is 23.1. The fourth-order valence-electron chi connectivity index (χ4n) is 2.80. The monoisotopic (exact) mass is 361 g/mol.